The lowest BCUT2D eigenvalue weighted by atomic mass is 9.58. The average Bonchev–Trinajstić information content (AvgIpc) is 3.12. The first-order chi connectivity index (χ1) is 13.2. The molecule has 0 radical (unpaired) electrons. The van der Waals surface area contributed by atoms with Crippen LogP contribution >= 0.6 is 0 Å². The van der Waals surface area contributed by atoms with Crippen LogP contribution in [0.4, 0.5) is 4.79 Å². The summed E-state index contributed by atoms with van der Waals surface area (Å²) in [6.45, 7) is 4.57. The van der Waals surface area contributed by atoms with E-state index in [1.165, 1.54) is 7.05 Å². The molecule has 0 spiro atoms. The molecule has 150 valence electrons. The fourth-order valence-electron chi connectivity index (χ4n) is 3.57. The van der Waals surface area contributed by atoms with Gasteiger partial charge in [0.15, 0.2) is 0 Å². The highest BCUT2D eigenvalue weighted by atomic mass is 16.2. The summed E-state index contributed by atoms with van der Waals surface area (Å²) < 4.78 is 1.67. The summed E-state index contributed by atoms with van der Waals surface area (Å²) in [5.41, 5.74) is 6.31. The van der Waals surface area contributed by atoms with Crippen LogP contribution in [0.25, 0.3) is 5.52 Å². The number of nitrogens with two attached hydrogens (primary N) is 1. The van der Waals surface area contributed by atoms with Crippen LogP contribution in [0, 0.1) is 11.3 Å². The number of carbonyl (C=O) groups excluding carboxylic acids is 3. The lowest BCUT2D eigenvalue weighted by Gasteiger charge is -2.52. The molecule has 9 nitrogen and oxygen atoms in total. The summed E-state index contributed by atoms with van der Waals surface area (Å²) in [6, 6.07) is 4.75. The topological polar surface area (TPSA) is 122 Å². The maximum Gasteiger partial charge on any atom is 0.314 e. The van der Waals surface area contributed by atoms with Gasteiger partial charge in [-0.2, -0.15) is 5.10 Å². The minimum Gasteiger partial charge on any atom is -0.354 e. The van der Waals surface area contributed by atoms with Crippen molar-refractivity contribution in [2.24, 2.45) is 17.1 Å². The van der Waals surface area contributed by atoms with Gasteiger partial charge in [0.25, 0.3) is 5.91 Å². The Morgan fingerprint density at radius 2 is 2.11 bits per heavy atom. The summed E-state index contributed by atoms with van der Waals surface area (Å²) in [5, 5.41) is 10.1. The van der Waals surface area contributed by atoms with Gasteiger partial charge in [0.1, 0.15) is 6.54 Å². The van der Waals surface area contributed by atoms with Gasteiger partial charge in [-0.15, -0.1) is 0 Å². The predicted molar refractivity (Wildman–Crippen MR) is 104 cm³/mol. The molecule has 2 unspecified atom stereocenters. The zero-order valence-corrected chi connectivity index (χ0v) is 16.3. The number of rotatable bonds is 6. The smallest absolute Gasteiger partial charge is 0.314 e. The van der Waals surface area contributed by atoms with Crippen molar-refractivity contribution in [1.82, 2.24) is 25.1 Å². The second kappa shape index (κ2) is 7.49. The fourth-order valence-corrected chi connectivity index (χ4v) is 3.57. The van der Waals surface area contributed by atoms with E-state index in [2.05, 4.69) is 29.6 Å². The number of fused-ring (bicyclic) bond motifs is 1. The summed E-state index contributed by atoms with van der Waals surface area (Å²) in [6.07, 6.45) is 4.23. The molecule has 1 aliphatic rings. The minimum absolute atomic E-state index is 0.0124. The maximum absolute atomic E-state index is 12.7. The molecule has 2 atom stereocenters. The predicted octanol–water partition coefficient (Wildman–Crippen LogP) is 0.606. The van der Waals surface area contributed by atoms with Crippen LogP contribution < -0.4 is 16.4 Å². The second-order valence-electron chi connectivity index (χ2n) is 7.86. The third kappa shape index (κ3) is 3.78. The van der Waals surface area contributed by atoms with E-state index in [4.69, 9.17) is 5.73 Å². The van der Waals surface area contributed by atoms with Crippen LogP contribution in [0.5, 0.6) is 0 Å². The summed E-state index contributed by atoms with van der Waals surface area (Å²) in [5.74, 6) is -0.155. The minimum atomic E-state index is -0.643. The molecule has 28 heavy (non-hydrogen) atoms. The number of amides is 4. The van der Waals surface area contributed by atoms with E-state index < -0.39 is 6.03 Å². The molecule has 9 heteroatoms. The van der Waals surface area contributed by atoms with Crippen molar-refractivity contribution in [3.05, 3.63) is 36.2 Å². The monoisotopic (exact) mass is 386 g/mol. The molecule has 1 saturated carbocycles. The zero-order valence-electron chi connectivity index (χ0n) is 16.3. The molecule has 0 aromatic carbocycles. The van der Waals surface area contributed by atoms with E-state index in [0.29, 0.717) is 12.1 Å². The number of hydrogen-bond donors (Lipinski definition) is 3. The van der Waals surface area contributed by atoms with Crippen LogP contribution in [0.15, 0.2) is 30.6 Å². The van der Waals surface area contributed by atoms with Crippen LogP contribution in [0.1, 0.15) is 30.6 Å². The highest BCUT2D eigenvalue weighted by Gasteiger charge is 2.48. The van der Waals surface area contributed by atoms with E-state index in [9.17, 15) is 14.4 Å². The number of carbonyl (C=O) groups is 3. The highest BCUT2D eigenvalue weighted by Crippen LogP contribution is 2.45. The van der Waals surface area contributed by atoms with E-state index in [0.717, 1.165) is 16.8 Å². The molecule has 2 aromatic rings. The van der Waals surface area contributed by atoms with Gasteiger partial charge < -0.3 is 21.3 Å². The largest absolute Gasteiger partial charge is 0.354 e. The van der Waals surface area contributed by atoms with Crippen molar-refractivity contribution in [1.29, 1.82) is 0 Å². The molecule has 2 aromatic heterocycles. The van der Waals surface area contributed by atoms with Gasteiger partial charge in [-0.05, 0) is 36.0 Å². The third-order valence-electron chi connectivity index (χ3n) is 5.76. The Morgan fingerprint density at radius 3 is 2.79 bits per heavy atom. The molecule has 2 heterocycles. The molecular weight excluding hydrogens is 360 g/mol. The van der Waals surface area contributed by atoms with Crippen molar-refractivity contribution < 1.29 is 14.4 Å². The molecule has 1 aliphatic carbocycles. The van der Waals surface area contributed by atoms with Crippen LogP contribution in [-0.4, -0.2) is 58.5 Å². The number of likely N-dealkylation sites (N-methyl/N-ethyl adjacent to an activating group) is 1. The van der Waals surface area contributed by atoms with Gasteiger partial charge >= 0.3 is 6.03 Å². The van der Waals surface area contributed by atoms with E-state index in [-0.39, 0.29) is 35.7 Å². The highest BCUT2D eigenvalue weighted by molar-refractivity contribution is 6.00. The van der Waals surface area contributed by atoms with Crippen molar-refractivity contribution in [3.63, 3.8) is 0 Å². The quantitative estimate of drug-likeness (QED) is 0.673. The molecular formula is C19H26N6O3. The van der Waals surface area contributed by atoms with Gasteiger partial charge in [-0.1, -0.05) is 13.8 Å². The van der Waals surface area contributed by atoms with Crippen LogP contribution in [-0.2, 0) is 4.79 Å². The fraction of sp³-hybridized carbons (Fsp3) is 0.474. The first-order valence-corrected chi connectivity index (χ1v) is 9.20. The van der Waals surface area contributed by atoms with Gasteiger partial charge in [-0.3, -0.25) is 9.59 Å². The molecule has 4 amide bonds. The van der Waals surface area contributed by atoms with Crippen molar-refractivity contribution in [2.45, 2.75) is 26.3 Å². The normalized spacial score (nSPS) is 20.2. The van der Waals surface area contributed by atoms with E-state index in [1.54, 1.807) is 29.0 Å². The number of nitrogens with one attached hydrogen (secondary N) is 2. The number of aromatic nitrogens is 2. The summed E-state index contributed by atoms with van der Waals surface area (Å²) >= 11 is 0. The lowest BCUT2D eigenvalue weighted by molar-refractivity contribution is -0.122. The van der Waals surface area contributed by atoms with E-state index >= 15 is 0 Å². The Morgan fingerprint density at radius 1 is 1.36 bits per heavy atom. The Bertz CT molecular complexity index is 906. The molecule has 1 fully saturated rings. The summed E-state index contributed by atoms with van der Waals surface area (Å²) in [4.78, 5) is 36.8. The van der Waals surface area contributed by atoms with Gasteiger partial charge in [0.2, 0.25) is 5.91 Å². The lowest BCUT2D eigenvalue weighted by Crippen LogP contribution is -2.61. The van der Waals surface area contributed by atoms with Gasteiger partial charge in [0.05, 0.1) is 17.3 Å². The van der Waals surface area contributed by atoms with Gasteiger partial charge in [-0.25, -0.2) is 9.31 Å². The Hall–Kier alpha value is -3.10. The molecule has 4 N–H and O–H groups in total. The first-order valence-electron chi connectivity index (χ1n) is 9.20. The van der Waals surface area contributed by atoms with E-state index in [1.807, 2.05) is 6.07 Å². The van der Waals surface area contributed by atoms with Crippen molar-refractivity contribution in [3.8, 4) is 0 Å². The Balaban J connectivity index is 1.54. The standard InChI is InChI=1S/C19H26N6O3/c1-19(2)12(10-21-16(26)11-24(3)18(20)28)9-15(19)23-17(27)13-5-4-8-25-14(13)6-7-22-25/h4-8,12,15H,9-11H2,1-3H3,(H2,20,28)(H,21,26)(H,23,27). The Kier molecular flexibility index (Phi) is 5.26. The van der Waals surface area contributed by atoms with Gasteiger partial charge in [0, 0.05) is 25.8 Å². The number of pyridine rings is 1. The Labute approximate surface area is 163 Å². The average molecular weight is 386 g/mol. The SMILES string of the molecule is CN(CC(=O)NCC1CC(NC(=O)c2cccn3nccc23)C1(C)C)C(N)=O. The summed E-state index contributed by atoms with van der Waals surface area (Å²) in [7, 11) is 1.47. The first kappa shape index (κ1) is 19.7. The number of hydrogen-bond acceptors (Lipinski definition) is 4. The maximum atomic E-state index is 12.7. The second-order valence-corrected chi connectivity index (χ2v) is 7.86. The van der Waals surface area contributed by atoms with Crippen molar-refractivity contribution >= 4 is 23.4 Å². The number of primary amides is 1. The molecule has 0 saturated heterocycles. The number of urea groups is 1. The van der Waals surface area contributed by atoms with Crippen LogP contribution in [0.2, 0.25) is 0 Å². The number of nitrogens with zero attached hydrogens (tertiary/aromatic N) is 3. The molecule has 0 aliphatic heterocycles. The molecule has 3 rings (SSSR count). The zero-order chi connectivity index (χ0) is 20.5. The van der Waals surface area contributed by atoms with Crippen LogP contribution in [0.3, 0.4) is 0 Å². The van der Waals surface area contributed by atoms with Crippen molar-refractivity contribution in [2.75, 3.05) is 20.1 Å². The third-order valence-corrected chi connectivity index (χ3v) is 5.76. The molecule has 0 bridgehead atoms.